The summed E-state index contributed by atoms with van der Waals surface area (Å²) in [5.74, 6) is -0.937. The number of phosphoric ester groups is 1. The molecule has 0 heterocycles. The summed E-state index contributed by atoms with van der Waals surface area (Å²) in [5, 5.41) is 18.3. The molecule has 0 saturated carbocycles. The van der Waals surface area contributed by atoms with E-state index in [0.717, 1.165) is 64.2 Å². The van der Waals surface area contributed by atoms with Gasteiger partial charge in [-0.25, -0.2) is 4.57 Å². The van der Waals surface area contributed by atoms with Crippen LogP contribution in [0.5, 0.6) is 0 Å². The van der Waals surface area contributed by atoms with E-state index in [-0.39, 0.29) is 49.0 Å². The molecule has 0 spiro atoms. The van der Waals surface area contributed by atoms with Crippen molar-refractivity contribution in [2.45, 2.75) is 193 Å². The number of carbonyl (C=O) groups excluding carboxylic acids is 2. The first kappa shape index (κ1) is 53.6. The van der Waals surface area contributed by atoms with Gasteiger partial charge in [-0.2, -0.15) is 0 Å². The number of ether oxygens (including phenoxy) is 2. The van der Waals surface area contributed by atoms with Gasteiger partial charge < -0.3 is 24.6 Å². The number of carbonyl (C=O) groups is 2. The summed E-state index contributed by atoms with van der Waals surface area (Å²) in [4.78, 5) is 34.9. The van der Waals surface area contributed by atoms with E-state index in [2.05, 4.69) is 42.7 Å². The van der Waals surface area contributed by atoms with Crippen molar-refractivity contribution in [3.63, 3.8) is 0 Å². The molecule has 52 heavy (non-hydrogen) atoms. The van der Waals surface area contributed by atoms with Gasteiger partial charge in [0, 0.05) is 42.4 Å². The first-order valence-electron chi connectivity index (χ1n) is 20.3. The molecule has 0 aromatic carbocycles. The molecular weight excluding hydrogens is 694 g/mol. The molecule has 12 heteroatoms. The maximum Gasteiger partial charge on any atom is 0.472 e. The van der Waals surface area contributed by atoms with Crippen LogP contribution < -0.4 is 0 Å². The van der Waals surface area contributed by atoms with Gasteiger partial charge in [-0.15, -0.1) is 0 Å². The molecule has 3 atom stereocenters. The minimum Gasteiger partial charge on any atom is -0.462 e. The van der Waals surface area contributed by atoms with Crippen molar-refractivity contribution in [1.29, 1.82) is 0 Å². The van der Waals surface area contributed by atoms with Crippen LogP contribution in [-0.2, 0) is 32.7 Å². The molecule has 0 fully saturated rings. The van der Waals surface area contributed by atoms with Gasteiger partial charge in [0.15, 0.2) is 6.10 Å². The van der Waals surface area contributed by atoms with Crippen molar-refractivity contribution in [2.75, 3.05) is 26.4 Å². The van der Waals surface area contributed by atoms with Gasteiger partial charge in [-0.3, -0.25) is 18.6 Å². The fraction of sp³-hybridized carbons (Fsp3) is 0.850. The van der Waals surface area contributed by atoms with Crippen LogP contribution in [0.15, 0.2) is 24.3 Å². The van der Waals surface area contributed by atoms with Gasteiger partial charge in [0.2, 0.25) is 0 Å². The normalized spacial score (nSPS) is 13.9. The number of aliphatic hydroxyl groups excluding tert-OH is 2. The predicted molar refractivity (Wildman–Crippen MR) is 211 cm³/mol. The van der Waals surface area contributed by atoms with E-state index < -0.39 is 51.8 Å². The molecule has 0 bridgehead atoms. The molecule has 0 aliphatic carbocycles. The summed E-state index contributed by atoms with van der Waals surface area (Å²) in [6.07, 6.45) is 34.2. The molecule has 0 aliphatic rings. The van der Waals surface area contributed by atoms with Crippen LogP contribution in [-0.4, -0.2) is 95.2 Å². The Kier molecular flexibility index (Phi) is 41.3. The summed E-state index contributed by atoms with van der Waals surface area (Å²) in [6.45, 7) is 2.34. The van der Waals surface area contributed by atoms with E-state index in [1.54, 1.807) is 0 Å². The van der Waals surface area contributed by atoms with Crippen molar-refractivity contribution in [3.8, 4) is 0 Å². The van der Waals surface area contributed by atoms with Gasteiger partial charge in [0.05, 0.1) is 19.8 Å². The summed E-state index contributed by atoms with van der Waals surface area (Å²) >= 11 is 0. The molecule has 3 N–H and O–H groups in total. The Bertz CT molecular complexity index is 917. The molecule has 1 radical (unpaired) electrons. The third kappa shape index (κ3) is 39.2. The summed E-state index contributed by atoms with van der Waals surface area (Å²) in [5.41, 5.74) is 0. The van der Waals surface area contributed by atoms with E-state index in [1.807, 2.05) is 0 Å². The molecule has 2 unspecified atom stereocenters. The zero-order chi connectivity index (χ0) is 37.7. The van der Waals surface area contributed by atoms with Crippen LogP contribution in [0.25, 0.3) is 0 Å². The van der Waals surface area contributed by atoms with Crippen LogP contribution in [0.3, 0.4) is 0 Å². The number of hydrogen-bond acceptors (Lipinski definition) is 9. The molecule has 0 rings (SSSR count). The maximum absolute atomic E-state index is 12.6. The molecule has 0 amide bonds. The van der Waals surface area contributed by atoms with E-state index in [4.69, 9.17) is 19.1 Å². The van der Waals surface area contributed by atoms with E-state index in [9.17, 15) is 24.2 Å². The van der Waals surface area contributed by atoms with E-state index in [0.29, 0.717) is 12.8 Å². The molecule has 10 nitrogen and oxygen atoms in total. The Labute approximate surface area is 339 Å². The fourth-order valence-corrected chi connectivity index (χ4v) is 6.22. The molecule has 0 saturated heterocycles. The number of unbranched alkanes of at least 4 members (excludes halogenated alkanes) is 20. The molecule has 0 aromatic rings. The van der Waals surface area contributed by atoms with E-state index in [1.165, 1.54) is 77.0 Å². The minimum atomic E-state index is -4.61. The zero-order valence-electron chi connectivity index (χ0n) is 33.3. The van der Waals surface area contributed by atoms with Crippen molar-refractivity contribution >= 4 is 49.3 Å². The summed E-state index contributed by atoms with van der Waals surface area (Å²) in [6, 6.07) is 0. The Hall–Kier alpha value is -0.550. The van der Waals surface area contributed by atoms with Crippen molar-refractivity contribution in [2.24, 2.45) is 0 Å². The van der Waals surface area contributed by atoms with Gasteiger partial charge in [0.1, 0.15) is 12.7 Å². The SMILES string of the molecule is CCCCC/C=C/C/C=C/CCCCCCCC(=O)O[C@H](COC(=O)CCCCCCCCCCCCCCC)COP(=O)(O)OCC(O)CO.[Na]. The third-order valence-electron chi connectivity index (χ3n) is 8.61. The second kappa shape index (κ2) is 40.1. The van der Waals surface area contributed by atoms with Crippen LogP contribution >= 0.6 is 7.82 Å². The minimum absolute atomic E-state index is 0. The third-order valence-corrected chi connectivity index (χ3v) is 9.56. The zero-order valence-corrected chi connectivity index (χ0v) is 36.2. The summed E-state index contributed by atoms with van der Waals surface area (Å²) in [7, 11) is -4.61. The molecule has 0 aromatic heterocycles. The van der Waals surface area contributed by atoms with Gasteiger partial charge in [0.25, 0.3) is 0 Å². The maximum atomic E-state index is 12.6. The smallest absolute Gasteiger partial charge is 0.462 e. The first-order valence-corrected chi connectivity index (χ1v) is 21.8. The van der Waals surface area contributed by atoms with Crippen molar-refractivity contribution in [3.05, 3.63) is 24.3 Å². The van der Waals surface area contributed by atoms with Crippen molar-refractivity contribution < 1.29 is 47.8 Å². The van der Waals surface area contributed by atoms with Crippen molar-refractivity contribution in [1.82, 2.24) is 0 Å². The second-order valence-corrected chi connectivity index (χ2v) is 15.1. The van der Waals surface area contributed by atoms with Crippen LogP contribution in [0, 0.1) is 0 Å². The van der Waals surface area contributed by atoms with Crippen LogP contribution in [0.4, 0.5) is 0 Å². The Morgan fingerprint density at radius 1 is 0.596 bits per heavy atom. The standard InChI is InChI=1S/C40H75O10P.Na/c1-3-5-7-9-11-13-15-17-18-20-22-24-26-28-30-32-40(44)50-38(36-49-51(45,46)48-34-37(42)33-41)35-47-39(43)31-29-27-25-23-21-19-16-14-12-10-8-6-4-2;/h11,13,17-18,37-38,41-42H,3-10,12,14-16,19-36H2,1-2H3,(H,45,46);/b13-11+,18-17+;/t37?,38-;/m1./s1. The number of esters is 2. The Morgan fingerprint density at radius 3 is 1.54 bits per heavy atom. The van der Waals surface area contributed by atoms with Gasteiger partial charge in [-0.1, -0.05) is 147 Å². The van der Waals surface area contributed by atoms with Gasteiger partial charge >= 0.3 is 19.8 Å². The fourth-order valence-electron chi connectivity index (χ4n) is 5.43. The quantitative estimate of drug-likeness (QED) is 0.0182. The predicted octanol–water partition coefficient (Wildman–Crippen LogP) is 9.84. The van der Waals surface area contributed by atoms with E-state index >= 15 is 0 Å². The average Bonchev–Trinajstić information content (AvgIpc) is 3.12. The monoisotopic (exact) mass is 769 g/mol. The number of phosphoric acid groups is 1. The molecule has 301 valence electrons. The summed E-state index contributed by atoms with van der Waals surface area (Å²) < 4.78 is 32.6. The Balaban J connectivity index is 0. The van der Waals surface area contributed by atoms with Crippen LogP contribution in [0.1, 0.15) is 181 Å². The molecular formula is C40H75NaO10P. The largest absolute Gasteiger partial charge is 0.472 e. The number of aliphatic hydroxyl groups is 2. The number of hydrogen-bond donors (Lipinski definition) is 3. The first-order chi connectivity index (χ1) is 24.7. The molecule has 0 aliphatic heterocycles. The topological polar surface area (TPSA) is 149 Å². The van der Waals surface area contributed by atoms with Crippen LogP contribution in [0.2, 0.25) is 0 Å². The Morgan fingerprint density at radius 2 is 1.02 bits per heavy atom. The number of allylic oxidation sites excluding steroid dienone is 4. The van der Waals surface area contributed by atoms with Gasteiger partial charge in [-0.05, 0) is 44.9 Å². The average molecular weight is 770 g/mol. The second-order valence-electron chi connectivity index (χ2n) is 13.7. The number of rotatable bonds is 38.